The van der Waals surface area contributed by atoms with Crippen molar-refractivity contribution in [3.8, 4) is 17.2 Å². The molecule has 30 heavy (non-hydrogen) atoms. The monoisotopic (exact) mass is 428 g/mol. The summed E-state index contributed by atoms with van der Waals surface area (Å²) in [6, 6.07) is 6.52. The standard InChI is InChI=1S/C20H20N4O5S/c1-11-17(19(26)23-13-6-5-7-21-10-13)30-20(22-11)24-18(25)12-8-14(27-2)16(29-4)15(9-12)28-3/h5-10H,1-4H3,(H,23,26)(H,22,24,25). The Bertz CT molecular complexity index is 1040. The van der Waals surface area contributed by atoms with Crippen LogP contribution in [-0.4, -0.2) is 43.1 Å². The molecule has 3 aromatic rings. The predicted molar refractivity (Wildman–Crippen MR) is 113 cm³/mol. The number of hydrogen-bond acceptors (Lipinski definition) is 8. The summed E-state index contributed by atoms with van der Waals surface area (Å²) in [7, 11) is 4.42. The van der Waals surface area contributed by atoms with Gasteiger partial charge in [-0.1, -0.05) is 11.3 Å². The average molecular weight is 428 g/mol. The lowest BCUT2D eigenvalue weighted by molar-refractivity contribution is 0.101. The SMILES string of the molecule is COc1cc(C(=O)Nc2nc(C)c(C(=O)Nc3cccnc3)s2)cc(OC)c1OC. The molecule has 2 heterocycles. The van der Waals surface area contributed by atoms with E-state index in [1.54, 1.807) is 31.5 Å². The highest BCUT2D eigenvalue weighted by atomic mass is 32.1. The Labute approximate surface area is 177 Å². The number of carbonyl (C=O) groups is 2. The van der Waals surface area contributed by atoms with Crippen LogP contribution >= 0.6 is 11.3 Å². The van der Waals surface area contributed by atoms with E-state index >= 15 is 0 Å². The first-order chi connectivity index (χ1) is 14.5. The van der Waals surface area contributed by atoms with Gasteiger partial charge in [-0.05, 0) is 31.2 Å². The summed E-state index contributed by atoms with van der Waals surface area (Å²) >= 11 is 1.07. The van der Waals surface area contributed by atoms with Gasteiger partial charge in [-0.2, -0.15) is 0 Å². The number of thiazole rings is 1. The van der Waals surface area contributed by atoms with E-state index < -0.39 is 5.91 Å². The van der Waals surface area contributed by atoms with Crippen molar-refractivity contribution in [3.05, 3.63) is 52.8 Å². The number of ether oxygens (including phenoxy) is 3. The number of aromatic nitrogens is 2. The molecule has 0 atom stereocenters. The highest BCUT2D eigenvalue weighted by molar-refractivity contribution is 7.17. The third-order valence-corrected chi connectivity index (χ3v) is 5.14. The number of pyridine rings is 1. The van der Waals surface area contributed by atoms with E-state index in [0.717, 1.165) is 11.3 Å². The molecule has 0 saturated carbocycles. The molecule has 1 aromatic carbocycles. The molecule has 156 valence electrons. The van der Waals surface area contributed by atoms with Crippen LogP contribution in [0.15, 0.2) is 36.7 Å². The van der Waals surface area contributed by atoms with Crippen LogP contribution in [-0.2, 0) is 0 Å². The van der Waals surface area contributed by atoms with Gasteiger partial charge in [-0.15, -0.1) is 0 Å². The summed E-state index contributed by atoms with van der Waals surface area (Å²) in [4.78, 5) is 33.9. The maximum absolute atomic E-state index is 12.7. The van der Waals surface area contributed by atoms with Crippen LogP contribution in [0.3, 0.4) is 0 Å². The minimum absolute atomic E-state index is 0.290. The van der Waals surface area contributed by atoms with E-state index in [4.69, 9.17) is 14.2 Å². The highest BCUT2D eigenvalue weighted by Gasteiger charge is 2.20. The second kappa shape index (κ2) is 9.23. The van der Waals surface area contributed by atoms with Gasteiger partial charge in [-0.25, -0.2) is 4.98 Å². The fourth-order valence-electron chi connectivity index (χ4n) is 2.67. The van der Waals surface area contributed by atoms with Gasteiger partial charge >= 0.3 is 0 Å². The van der Waals surface area contributed by atoms with Crippen molar-refractivity contribution < 1.29 is 23.8 Å². The average Bonchev–Trinajstić information content (AvgIpc) is 3.13. The Hall–Kier alpha value is -3.66. The number of carbonyl (C=O) groups excluding carboxylic acids is 2. The number of amides is 2. The fraction of sp³-hybridized carbons (Fsp3) is 0.200. The van der Waals surface area contributed by atoms with Crippen LogP contribution in [0.2, 0.25) is 0 Å². The molecule has 0 radical (unpaired) electrons. The van der Waals surface area contributed by atoms with Gasteiger partial charge in [0.1, 0.15) is 4.88 Å². The summed E-state index contributed by atoms with van der Waals surface area (Å²) in [5.41, 5.74) is 1.36. The molecule has 0 bridgehead atoms. The van der Waals surface area contributed by atoms with Crippen molar-refractivity contribution in [2.24, 2.45) is 0 Å². The van der Waals surface area contributed by atoms with Gasteiger partial charge in [0.05, 0.1) is 38.9 Å². The second-order valence-electron chi connectivity index (χ2n) is 6.00. The molecule has 2 aromatic heterocycles. The zero-order valence-electron chi connectivity index (χ0n) is 16.8. The minimum Gasteiger partial charge on any atom is -0.493 e. The topological polar surface area (TPSA) is 112 Å². The molecule has 9 nitrogen and oxygen atoms in total. The van der Waals surface area contributed by atoms with Crippen LogP contribution < -0.4 is 24.8 Å². The van der Waals surface area contributed by atoms with Gasteiger partial charge in [0, 0.05) is 11.8 Å². The van der Waals surface area contributed by atoms with Crippen LogP contribution in [0.25, 0.3) is 0 Å². The summed E-state index contributed by atoms with van der Waals surface area (Å²) in [5, 5.41) is 5.75. The van der Waals surface area contributed by atoms with Gasteiger partial charge in [0.15, 0.2) is 16.6 Å². The van der Waals surface area contributed by atoms with Gasteiger partial charge in [-0.3, -0.25) is 19.9 Å². The first kappa shape index (κ1) is 21.1. The van der Waals surface area contributed by atoms with Gasteiger partial charge in [0.25, 0.3) is 11.8 Å². The lowest BCUT2D eigenvalue weighted by Gasteiger charge is -2.13. The Kier molecular flexibility index (Phi) is 6.48. The molecule has 0 unspecified atom stereocenters. The maximum Gasteiger partial charge on any atom is 0.267 e. The molecule has 10 heteroatoms. The molecule has 0 aliphatic carbocycles. The summed E-state index contributed by atoms with van der Waals surface area (Å²) in [5.74, 6) is 0.340. The van der Waals surface area contributed by atoms with Crippen LogP contribution in [0.1, 0.15) is 25.7 Å². The Morgan fingerprint density at radius 1 is 1.00 bits per heavy atom. The largest absolute Gasteiger partial charge is 0.493 e. The normalized spacial score (nSPS) is 10.3. The Morgan fingerprint density at radius 3 is 2.27 bits per heavy atom. The van der Waals surface area contributed by atoms with Crippen LogP contribution in [0, 0.1) is 6.92 Å². The summed E-state index contributed by atoms with van der Waals surface area (Å²) in [6.07, 6.45) is 3.16. The molecule has 2 N–H and O–H groups in total. The summed E-state index contributed by atoms with van der Waals surface area (Å²) in [6.45, 7) is 1.70. The maximum atomic E-state index is 12.7. The van der Waals surface area contributed by atoms with Crippen molar-refractivity contribution in [1.29, 1.82) is 0 Å². The smallest absolute Gasteiger partial charge is 0.267 e. The molecular formula is C20H20N4O5S. The fourth-order valence-corrected chi connectivity index (χ4v) is 3.52. The van der Waals surface area contributed by atoms with E-state index in [1.165, 1.54) is 33.5 Å². The number of nitrogens with one attached hydrogen (secondary N) is 2. The second-order valence-corrected chi connectivity index (χ2v) is 7.00. The Morgan fingerprint density at radius 2 is 1.70 bits per heavy atom. The highest BCUT2D eigenvalue weighted by Crippen LogP contribution is 2.38. The van der Waals surface area contributed by atoms with Crippen molar-refractivity contribution in [1.82, 2.24) is 9.97 Å². The zero-order chi connectivity index (χ0) is 21.7. The number of methoxy groups -OCH3 is 3. The third-order valence-electron chi connectivity index (χ3n) is 4.07. The number of rotatable bonds is 7. The van der Waals surface area contributed by atoms with E-state index in [2.05, 4.69) is 20.6 Å². The van der Waals surface area contributed by atoms with Crippen LogP contribution in [0.4, 0.5) is 10.8 Å². The number of aryl methyl sites for hydroxylation is 1. The van der Waals surface area contributed by atoms with Gasteiger partial charge in [0.2, 0.25) is 5.75 Å². The van der Waals surface area contributed by atoms with Crippen molar-refractivity contribution in [2.75, 3.05) is 32.0 Å². The predicted octanol–water partition coefficient (Wildman–Crippen LogP) is 3.38. The quantitative estimate of drug-likeness (QED) is 0.593. The first-order valence-electron chi connectivity index (χ1n) is 8.77. The summed E-state index contributed by atoms with van der Waals surface area (Å²) < 4.78 is 15.8. The molecule has 0 saturated heterocycles. The Balaban J connectivity index is 1.79. The molecule has 0 aliphatic rings. The lowest BCUT2D eigenvalue weighted by atomic mass is 10.1. The minimum atomic E-state index is -0.428. The van der Waals surface area contributed by atoms with E-state index in [0.29, 0.717) is 44.2 Å². The number of benzene rings is 1. The molecule has 0 fully saturated rings. The molecule has 3 rings (SSSR count). The molecule has 0 spiro atoms. The third kappa shape index (κ3) is 4.49. The zero-order valence-corrected chi connectivity index (χ0v) is 17.6. The van der Waals surface area contributed by atoms with Crippen molar-refractivity contribution in [3.63, 3.8) is 0 Å². The van der Waals surface area contributed by atoms with Crippen molar-refractivity contribution >= 4 is 34.0 Å². The lowest BCUT2D eigenvalue weighted by Crippen LogP contribution is -2.12. The number of nitrogens with zero attached hydrogens (tertiary/aromatic N) is 2. The first-order valence-corrected chi connectivity index (χ1v) is 9.58. The molecule has 2 amide bonds. The van der Waals surface area contributed by atoms with Gasteiger partial charge < -0.3 is 19.5 Å². The van der Waals surface area contributed by atoms with Crippen LogP contribution in [0.5, 0.6) is 17.2 Å². The molecular weight excluding hydrogens is 408 g/mol. The number of anilines is 2. The van der Waals surface area contributed by atoms with E-state index in [1.807, 2.05) is 0 Å². The van der Waals surface area contributed by atoms with Crippen molar-refractivity contribution in [2.45, 2.75) is 6.92 Å². The van der Waals surface area contributed by atoms with E-state index in [-0.39, 0.29) is 5.91 Å². The molecule has 0 aliphatic heterocycles. The number of hydrogen-bond donors (Lipinski definition) is 2. The van der Waals surface area contributed by atoms with E-state index in [9.17, 15) is 9.59 Å².